The molecule has 0 aliphatic heterocycles. The molecule has 0 atom stereocenters. The Kier molecular flexibility index (Phi) is 7.89. The smallest absolute Gasteiger partial charge is 0.0547 e. The molecule has 1 aromatic heterocycles. The van der Waals surface area contributed by atoms with Crippen LogP contribution < -0.4 is 4.90 Å². The maximum absolute atomic E-state index is 2.47. The highest BCUT2D eigenvalue weighted by atomic mass is 15.1. The van der Waals surface area contributed by atoms with E-state index in [1.807, 2.05) is 0 Å². The highest BCUT2D eigenvalue weighted by molar-refractivity contribution is 6.21. The normalized spacial score (nSPS) is 11.7. The second-order valence-corrected chi connectivity index (χ2v) is 15.7. The first kappa shape index (κ1) is 34.1. The Labute approximate surface area is 348 Å². The lowest BCUT2D eigenvalue weighted by Crippen LogP contribution is -2.13. The van der Waals surface area contributed by atoms with Crippen molar-refractivity contribution in [1.82, 2.24) is 4.57 Å². The predicted octanol–water partition coefficient (Wildman–Crippen LogP) is 16.2. The number of hydrogen-bond acceptors (Lipinski definition) is 1. The minimum atomic E-state index is 1.10. The van der Waals surface area contributed by atoms with E-state index in [9.17, 15) is 0 Å². The van der Waals surface area contributed by atoms with Gasteiger partial charge in [-0.1, -0.05) is 182 Å². The molecule has 0 spiro atoms. The molecule has 0 unspecified atom stereocenters. The predicted molar refractivity (Wildman–Crippen MR) is 256 cm³/mol. The van der Waals surface area contributed by atoms with Crippen LogP contribution in [0.3, 0.4) is 0 Å². The Hall–Kier alpha value is -7.94. The zero-order valence-electron chi connectivity index (χ0n) is 32.8. The van der Waals surface area contributed by atoms with Gasteiger partial charge >= 0.3 is 0 Å². The van der Waals surface area contributed by atoms with Crippen LogP contribution in [-0.2, 0) is 0 Å². The van der Waals surface area contributed by atoms with Crippen LogP contribution in [-0.4, -0.2) is 4.57 Å². The molecule has 0 bridgehead atoms. The largest absolute Gasteiger partial charge is 0.309 e. The van der Waals surface area contributed by atoms with E-state index in [1.165, 1.54) is 76.0 Å². The van der Waals surface area contributed by atoms with Gasteiger partial charge in [-0.25, -0.2) is 0 Å². The molecule has 60 heavy (non-hydrogen) atoms. The van der Waals surface area contributed by atoms with Crippen LogP contribution in [0.25, 0.3) is 92.8 Å². The SMILES string of the molecule is c1ccc(-c2ccccc2N(c2ccc3c(ccc4c5ccccc5ccc34)c2)c2ccc(-n3c4ccccc4c4c5ccccc5ccc43)cc2-c2ccccc2)cc1. The van der Waals surface area contributed by atoms with Gasteiger partial charge in [0.25, 0.3) is 0 Å². The Morgan fingerprint density at radius 2 is 0.850 bits per heavy atom. The fraction of sp³-hybridized carbons (Fsp3) is 0. The summed E-state index contributed by atoms with van der Waals surface area (Å²) in [7, 11) is 0. The molecule has 0 aliphatic rings. The molecule has 0 fully saturated rings. The van der Waals surface area contributed by atoms with Gasteiger partial charge in [-0.15, -0.1) is 0 Å². The monoisotopic (exact) mass is 762 g/mol. The molecular weight excluding hydrogens is 725 g/mol. The summed E-state index contributed by atoms with van der Waals surface area (Å²) in [5.74, 6) is 0. The van der Waals surface area contributed by atoms with E-state index < -0.39 is 0 Å². The molecule has 12 rings (SSSR count). The molecule has 280 valence electrons. The van der Waals surface area contributed by atoms with Crippen molar-refractivity contribution in [3.63, 3.8) is 0 Å². The molecular formula is C58H38N2. The van der Waals surface area contributed by atoms with Gasteiger partial charge < -0.3 is 9.47 Å². The Morgan fingerprint density at radius 1 is 0.300 bits per heavy atom. The molecule has 0 saturated heterocycles. The summed E-state index contributed by atoms with van der Waals surface area (Å²) in [5.41, 5.74) is 11.5. The van der Waals surface area contributed by atoms with Crippen molar-refractivity contribution in [3.05, 3.63) is 231 Å². The molecule has 12 aromatic rings. The Balaban J connectivity index is 1.13. The second-order valence-electron chi connectivity index (χ2n) is 15.7. The van der Waals surface area contributed by atoms with Crippen LogP contribution in [0.1, 0.15) is 0 Å². The third kappa shape index (κ3) is 5.42. The van der Waals surface area contributed by atoms with Gasteiger partial charge in [-0.2, -0.15) is 0 Å². The number of hydrogen-bond donors (Lipinski definition) is 0. The Bertz CT molecular complexity index is 3600. The average Bonchev–Trinajstić information content (AvgIpc) is 3.67. The van der Waals surface area contributed by atoms with Crippen molar-refractivity contribution in [2.45, 2.75) is 0 Å². The number of fused-ring (bicyclic) bond motifs is 10. The minimum Gasteiger partial charge on any atom is -0.309 e. The number of para-hydroxylation sites is 2. The van der Waals surface area contributed by atoms with Crippen LogP contribution in [0.2, 0.25) is 0 Å². The van der Waals surface area contributed by atoms with Gasteiger partial charge in [-0.3, -0.25) is 0 Å². The van der Waals surface area contributed by atoms with E-state index in [2.05, 4.69) is 240 Å². The van der Waals surface area contributed by atoms with Gasteiger partial charge in [0.2, 0.25) is 0 Å². The lowest BCUT2D eigenvalue weighted by Gasteiger charge is -2.30. The third-order valence-corrected chi connectivity index (χ3v) is 12.3. The molecule has 0 amide bonds. The molecule has 2 nitrogen and oxygen atoms in total. The lowest BCUT2D eigenvalue weighted by atomic mass is 9.95. The van der Waals surface area contributed by atoms with Gasteiger partial charge in [-0.05, 0) is 103 Å². The van der Waals surface area contributed by atoms with Crippen molar-refractivity contribution in [2.75, 3.05) is 4.90 Å². The zero-order valence-corrected chi connectivity index (χ0v) is 32.8. The van der Waals surface area contributed by atoms with Crippen LogP contribution in [0.5, 0.6) is 0 Å². The van der Waals surface area contributed by atoms with Crippen LogP contribution in [0.15, 0.2) is 231 Å². The van der Waals surface area contributed by atoms with Crippen molar-refractivity contribution in [1.29, 1.82) is 0 Å². The summed E-state index contributed by atoms with van der Waals surface area (Å²) < 4.78 is 2.44. The first-order chi connectivity index (χ1) is 29.8. The first-order valence-electron chi connectivity index (χ1n) is 20.7. The third-order valence-electron chi connectivity index (χ3n) is 12.3. The maximum Gasteiger partial charge on any atom is 0.0547 e. The van der Waals surface area contributed by atoms with E-state index in [4.69, 9.17) is 0 Å². The quantitative estimate of drug-likeness (QED) is 0.153. The lowest BCUT2D eigenvalue weighted by molar-refractivity contribution is 1.17. The second kappa shape index (κ2) is 13.9. The minimum absolute atomic E-state index is 1.10. The molecule has 0 radical (unpaired) electrons. The van der Waals surface area contributed by atoms with E-state index in [0.717, 1.165) is 33.9 Å². The fourth-order valence-corrected chi connectivity index (χ4v) is 9.62. The van der Waals surface area contributed by atoms with Gasteiger partial charge in [0.15, 0.2) is 0 Å². The summed E-state index contributed by atoms with van der Waals surface area (Å²) in [6.45, 7) is 0. The van der Waals surface area contributed by atoms with Crippen molar-refractivity contribution in [3.8, 4) is 27.9 Å². The van der Waals surface area contributed by atoms with Crippen LogP contribution in [0, 0.1) is 0 Å². The van der Waals surface area contributed by atoms with E-state index in [0.29, 0.717) is 0 Å². The van der Waals surface area contributed by atoms with Gasteiger partial charge in [0.05, 0.1) is 22.4 Å². The van der Waals surface area contributed by atoms with Gasteiger partial charge in [0, 0.05) is 33.3 Å². The topological polar surface area (TPSA) is 8.17 Å². The van der Waals surface area contributed by atoms with Crippen molar-refractivity contribution < 1.29 is 0 Å². The average molecular weight is 763 g/mol. The summed E-state index contributed by atoms with van der Waals surface area (Å²) in [6.07, 6.45) is 0. The molecule has 2 heteroatoms. The van der Waals surface area contributed by atoms with Crippen LogP contribution in [0.4, 0.5) is 17.1 Å². The molecule has 11 aromatic carbocycles. The van der Waals surface area contributed by atoms with Crippen molar-refractivity contribution >= 4 is 82.0 Å². The summed E-state index contributed by atoms with van der Waals surface area (Å²) in [4.78, 5) is 2.47. The molecule has 1 heterocycles. The number of aromatic nitrogens is 1. The molecule has 0 N–H and O–H groups in total. The number of nitrogens with zero attached hydrogens (tertiary/aromatic N) is 2. The highest BCUT2D eigenvalue weighted by Gasteiger charge is 2.23. The molecule has 0 saturated carbocycles. The fourth-order valence-electron chi connectivity index (χ4n) is 9.62. The molecule has 0 aliphatic carbocycles. The number of benzene rings is 11. The maximum atomic E-state index is 2.47. The number of anilines is 3. The van der Waals surface area contributed by atoms with E-state index in [1.54, 1.807) is 0 Å². The standard InChI is InChI=1S/C58H38N2/c1-3-15-39(16-4-1)48-22-11-13-25-54(48)59(44-30-34-47-43(37-44)28-33-50-46-21-9-7-19-41(46)27-32-51(47)50)56-36-31-45(38-53(56)40-17-5-2-6-18-40)60-55-26-14-12-24-52(55)58-49-23-10-8-20-42(49)29-35-57(58)60/h1-38H. The zero-order chi connectivity index (χ0) is 39.6. The summed E-state index contributed by atoms with van der Waals surface area (Å²) in [6, 6.07) is 84.4. The highest BCUT2D eigenvalue weighted by Crippen LogP contribution is 2.47. The van der Waals surface area contributed by atoms with E-state index >= 15 is 0 Å². The van der Waals surface area contributed by atoms with Gasteiger partial charge in [0.1, 0.15) is 0 Å². The van der Waals surface area contributed by atoms with E-state index in [-0.39, 0.29) is 0 Å². The Morgan fingerprint density at radius 3 is 1.63 bits per heavy atom. The van der Waals surface area contributed by atoms with Crippen molar-refractivity contribution in [2.24, 2.45) is 0 Å². The summed E-state index contributed by atoms with van der Waals surface area (Å²) in [5, 5.41) is 12.6. The van der Waals surface area contributed by atoms with Crippen LogP contribution >= 0.6 is 0 Å². The summed E-state index contributed by atoms with van der Waals surface area (Å²) >= 11 is 0. The number of rotatable bonds is 6. The first-order valence-corrected chi connectivity index (χ1v) is 20.7.